The molecule has 1 heterocycles. The molecule has 0 fully saturated rings. The molecule has 4 heteroatoms. The summed E-state index contributed by atoms with van der Waals surface area (Å²) in [6.07, 6.45) is 2.17. The zero-order valence-electron chi connectivity index (χ0n) is 11.6. The topological polar surface area (TPSA) is 21.3 Å². The summed E-state index contributed by atoms with van der Waals surface area (Å²) in [5, 5.41) is 3.66. The third-order valence-corrected chi connectivity index (χ3v) is 4.67. The van der Waals surface area contributed by atoms with Gasteiger partial charge in [-0.2, -0.15) is 0 Å². The molecule has 3 rings (SSSR count). The molecule has 0 amide bonds. The lowest BCUT2D eigenvalue weighted by molar-refractivity contribution is 0.315. The van der Waals surface area contributed by atoms with E-state index in [-0.39, 0.29) is 0 Å². The SMILES string of the molecule is Brc1cccc(CNC2CCCOc3cc(Br)ccc32)c1. The maximum Gasteiger partial charge on any atom is 0.125 e. The van der Waals surface area contributed by atoms with Crippen molar-refractivity contribution in [1.29, 1.82) is 0 Å². The van der Waals surface area contributed by atoms with Gasteiger partial charge in [0.05, 0.1) is 6.61 Å². The smallest absolute Gasteiger partial charge is 0.125 e. The predicted molar refractivity (Wildman–Crippen MR) is 92.6 cm³/mol. The monoisotopic (exact) mass is 409 g/mol. The second-order valence-corrected chi connectivity index (χ2v) is 7.07. The standard InChI is InChI=1S/C17H17Br2NO/c18-13-4-1-3-12(9-13)11-20-16-5-2-8-21-17-10-14(19)6-7-15(16)17/h1,3-4,6-7,9-10,16,20H,2,5,8,11H2. The largest absolute Gasteiger partial charge is 0.493 e. The van der Waals surface area contributed by atoms with Crippen molar-refractivity contribution in [1.82, 2.24) is 5.32 Å². The van der Waals surface area contributed by atoms with Crippen molar-refractivity contribution in [2.75, 3.05) is 6.61 Å². The molecule has 0 spiro atoms. The number of rotatable bonds is 3. The van der Waals surface area contributed by atoms with Crippen LogP contribution in [0.15, 0.2) is 51.4 Å². The molecule has 0 aromatic heterocycles. The minimum absolute atomic E-state index is 0.342. The normalized spacial score (nSPS) is 17.7. The molecule has 1 N–H and O–H groups in total. The van der Waals surface area contributed by atoms with E-state index < -0.39 is 0 Å². The Bertz CT molecular complexity index is 630. The van der Waals surface area contributed by atoms with Crippen molar-refractivity contribution in [2.24, 2.45) is 0 Å². The highest BCUT2D eigenvalue weighted by Crippen LogP contribution is 2.33. The van der Waals surface area contributed by atoms with Gasteiger partial charge >= 0.3 is 0 Å². The summed E-state index contributed by atoms with van der Waals surface area (Å²) in [7, 11) is 0. The minimum atomic E-state index is 0.342. The molecule has 110 valence electrons. The van der Waals surface area contributed by atoms with E-state index in [9.17, 15) is 0 Å². The highest BCUT2D eigenvalue weighted by Gasteiger charge is 2.19. The van der Waals surface area contributed by atoms with Crippen LogP contribution in [0, 0.1) is 0 Å². The number of hydrogen-bond acceptors (Lipinski definition) is 2. The molecule has 1 atom stereocenters. The first kappa shape index (κ1) is 15.1. The van der Waals surface area contributed by atoms with E-state index in [2.05, 4.69) is 79.6 Å². The van der Waals surface area contributed by atoms with Gasteiger partial charge in [-0.3, -0.25) is 0 Å². The number of halogens is 2. The zero-order valence-corrected chi connectivity index (χ0v) is 14.8. The van der Waals surface area contributed by atoms with Crippen molar-refractivity contribution >= 4 is 31.9 Å². The molecule has 21 heavy (non-hydrogen) atoms. The van der Waals surface area contributed by atoms with Gasteiger partial charge in [0.1, 0.15) is 5.75 Å². The molecule has 2 nitrogen and oxygen atoms in total. The van der Waals surface area contributed by atoms with E-state index in [1.54, 1.807) is 0 Å². The Hall–Kier alpha value is -0.840. The van der Waals surface area contributed by atoms with Crippen molar-refractivity contribution in [3.8, 4) is 5.75 Å². The number of hydrogen-bond donors (Lipinski definition) is 1. The molecule has 2 aromatic carbocycles. The highest BCUT2D eigenvalue weighted by molar-refractivity contribution is 9.10. The van der Waals surface area contributed by atoms with Crippen LogP contribution in [-0.2, 0) is 6.54 Å². The van der Waals surface area contributed by atoms with Crippen LogP contribution in [0.2, 0.25) is 0 Å². The van der Waals surface area contributed by atoms with Gasteiger partial charge in [-0.1, -0.05) is 50.1 Å². The molecule has 0 radical (unpaired) electrons. The average Bonchev–Trinajstić information content (AvgIpc) is 2.67. The number of fused-ring (bicyclic) bond motifs is 1. The fourth-order valence-electron chi connectivity index (χ4n) is 2.65. The zero-order chi connectivity index (χ0) is 14.7. The second kappa shape index (κ2) is 6.95. The Morgan fingerprint density at radius 2 is 1.95 bits per heavy atom. The van der Waals surface area contributed by atoms with Crippen molar-refractivity contribution < 1.29 is 4.74 Å². The van der Waals surface area contributed by atoms with Gasteiger partial charge < -0.3 is 10.1 Å². The Labute approximate surface area is 142 Å². The summed E-state index contributed by atoms with van der Waals surface area (Å²) in [5.74, 6) is 0.994. The molecule has 0 aliphatic carbocycles. The summed E-state index contributed by atoms with van der Waals surface area (Å²) in [6, 6.07) is 15.1. The summed E-state index contributed by atoms with van der Waals surface area (Å²) < 4.78 is 8.04. The first-order chi connectivity index (χ1) is 10.2. The Morgan fingerprint density at radius 1 is 1.10 bits per heavy atom. The van der Waals surface area contributed by atoms with Crippen molar-refractivity contribution in [3.05, 3.63) is 62.5 Å². The van der Waals surface area contributed by atoms with Crippen LogP contribution in [0.25, 0.3) is 0 Å². The van der Waals surface area contributed by atoms with E-state index >= 15 is 0 Å². The molecule has 2 aromatic rings. The molecule has 0 saturated carbocycles. The maximum atomic E-state index is 5.85. The number of benzene rings is 2. The van der Waals surface area contributed by atoms with Crippen LogP contribution in [0.1, 0.15) is 30.0 Å². The van der Waals surface area contributed by atoms with Gasteiger partial charge in [-0.25, -0.2) is 0 Å². The van der Waals surface area contributed by atoms with Gasteiger partial charge in [0.2, 0.25) is 0 Å². The Balaban J connectivity index is 1.76. The Kier molecular flexibility index (Phi) is 4.99. The van der Waals surface area contributed by atoms with Gasteiger partial charge in [0.15, 0.2) is 0 Å². The Morgan fingerprint density at radius 3 is 2.81 bits per heavy atom. The van der Waals surface area contributed by atoms with Crippen molar-refractivity contribution in [3.63, 3.8) is 0 Å². The molecule has 1 aliphatic rings. The van der Waals surface area contributed by atoms with E-state index in [1.165, 1.54) is 11.1 Å². The van der Waals surface area contributed by atoms with E-state index in [0.717, 1.165) is 40.7 Å². The quantitative estimate of drug-likeness (QED) is 0.749. The van der Waals surface area contributed by atoms with E-state index in [4.69, 9.17) is 4.74 Å². The molecular weight excluding hydrogens is 394 g/mol. The van der Waals surface area contributed by atoms with Crippen LogP contribution in [0.3, 0.4) is 0 Å². The third kappa shape index (κ3) is 3.87. The molecule has 1 unspecified atom stereocenters. The second-order valence-electron chi connectivity index (χ2n) is 5.24. The lowest BCUT2D eigenvalue weighted by atomic mass is 10.0. The number of nitrogens with one attached hydrogen (secondary N) is 1. The van der Waals surface area contributed by atoms with Crippen LogP contribution in [0.5, 0.6) is 5.75 Å². The van der Waals surface area contributed by atoms with Gasteiger partial charge in [-0.05, 0) is 42.7 Å². The van der Waals surface area contributed by atoms with Gasteiger partial charge in [-0.15, -0.1) is 0 Å². The van der Waals surface area contributed by atoms with Crippen LogP contribution in [-0.4, -0.2) is 6.61 Å². The van der Waals surface area contributed by atoms with Crippen LogP contribution < -0.4 is 10.1 Å². The molecule has 0 saturated heterocycles. The first-order valence-electron chi connectivity index (χ1n) is 7.12. The van der Waals surface area contributed by atoms with E-state index in [0.29, 0.717) is 6.04 Å². The third-order valence-electron chi connectivity index (χ3n) is 3.69. The van der Waals surface area contributed by atoms with E-state index in [1.807, 2.05) is 0 Å². The van der Waals surface area contributed by atoms with Gasteiger partial charge in [0, 0.05) is 27.1 Å². The predicted octanol–water partition coefficient (Wildman–Crippen LogP) is 5.22. The van der Waals surface area contributed by atoms with Crippen molar-refractivity contribution in [2.45, 2.75) is 25.4 Å². The maximum absolute atomic E-state index is 5.85. The first-order valence-corrected chi connectivity index (χ1v) is 8.71. The number of ether oxygens (including phenoxy) is 1. The summed E-state index contributed by atoms with van der Waals surface area (Å²) in [6.45, 7) is 1.65. The average molecular weight is 411 g/mol. The lowest BCUT2D eigenvalue weighted by Crippen LogP contribution is -2.20. The molecular formula is C17H17Br2NO. The molecule has 1 aliphatic heterocycles. The molecule has 0 bridgehead atoms. The minimum Gasteiger partial charge on any atom is -0.493 e. The van der Waals surface area contributed by atoms with Crippen LogP contribution >= 0.6 is 31.9 Å². The fraction of sp³-hybridized carbons (Fsp3) is 0.294. The summed E-state index contributed by atoms with van der Waals surface area (Å²) in [5.41, 5.74) is 2.54. The lowest BCUT2D eigenvalue weighted by Gasteiger charge is -2.19. The van der Waals surface area contributed by atoms with Gasteiger partial charge in [0.25, 0.3) is 0 Å². The van der Waals surface area contributed by atoms with Crippen LogP contribution in [0.4, 0.5) is 0 Å². The highest BCUT2D eigenvalue weighted by atomic mass is 79.9. The fourth-order valence-corrected chi connectivity index (χ4v) is 3.43. The summed E-state index contributed by atoms with van der Waals surface area (Å²) >= 11 is 7.04. The summed E-state index contributed by atoms with van der Waals surface area (Å²) in [4.78, 5) is 0.